The monoisotopic (exact) mass is 301 g/mol. The maximum absolute atomic E-state index is 11.1. The molecule has 1 aromatic rings. The number of aromatic nitrogens is 1. The van der Waals surface area contributed by atoms with Crippen molar-refractivity contribution in [2.24, 2.45) is 0 Å². The topological polar surface area (TPSA) is 50.2 Å². The number of aromatic carboxylic acids is 1. The maximum atomic E-state index is 11.1. The van der Waals surface area contributed by atoms with Gasteiger partial charge in [0, 0.05) is 15.9 Å². The van der Waals surface area contributed by atoms with Crippen LogP contribution in [-0.4, -0.2) is 21.3 Å². The number of hydrogen-bond acceptors (Lipinski definition) is 3. The molecule has 0 atom stereocenters. The number of carboxylic acid groups (broad SMARTS) is 1. The van der Waals surface area contributed by atoms with Gasteiger partial charge in [-0.1, -0.05) is 12.8 Å². The van der Waals surface area contributed by atoms with Crippen LogP contribution < -0.4 is 0 Å². The molecule has 0 unspecified atom stereocenters. The molecular weight excluding hydrogens is 290 g/mol. The maximum Gasteiger partial charge on any atom is 0.338 e. The first-order valence-electron chi connectivity index (χ1n) is 5.22. The van der Waals surface area contributed by atoms with Crippen molar-refractivity contribution in [2.75, 3.05) is 0 Å². The van der Waals surface area contributed by atoms with Crippen LogP contribution in [0.1, 0.15) is 36.0 Å². The first kappa shape index (κ1) is 11.9. The van der Waals surface area contributed by atoms with Crippen LogP contribution in [0.25, 0.3) is 0 Å². The summed E-state index contributed by atoms with van der Waals surface area (Å²) in [5.74, 6) is -0.908. The second-order valence-corrected chi connectivity index (χ2v) is 6.04. The van der Waals surface area contributed by atoms with Crippen LogP contribution in [0.3, 0.4) is 0 Å². The van der Waals surface area contributed by atoms with Gasteiger partial charge in [0.25, 0.3) is 0 Å². The lowest BCUT2D eigenvalue weighted by Crippen LogP contribution is -2.04. The van der Waals surface area contributed by atoms with Gasteiger partial charge in [-0.05, 0) is 34.8 Å². The summed E-state index contributed by atoms with van der Waals surface area (Å²) in [6, 6.07) is 1.62. The number of thioether (sulfide) groups is 1. The van der Waals surface area contributed by atoms with Crippen LogP contribution in [-0.2, 0) is 0 Å². The predicted molar refractivity (Wildman–Crippen MR) is 67.0 cm³/mol. The largest absolute Gasteiger partial charge is 0.478 e. The van der Waals surface area contributed by atoms with E-state index in [2.05, 4.69) is 20.9 Å². The quantitative estimate of drug-likeness (QED) is 0.927. The zero-order chi connectivity index (χ0) is 11.5. The average Bonchev–Trinajstić information content (AvgIpc) is 2.73. The van der Waals surface area contributed by atoms with Crippen LogP contribution >= 0.6 is 27.7 Å². The van der Waals surface area contributed by atoms with Crippen molar-refractivity contribution < 1.29 is 9.90 Å². The Kier molecular flexibility index (Phi) is 3.86. The first-order chi connectivity index (χ1) is 7.66. The van der Waals surface area contributed by atoms with Crippen molar-refractivity contribution in [2.45, 2.75) is 36.0 Å². The highest BCUT2D eigenvalue weighted by Gasteiger charge is 2.20. The number of hydrogen-bond donors (Lipinski definition) is 1. The van der Waals surface area contributed by atoms with Gasteiger partial charge in [0.15, 0.2) is 0 Å². The third kappa shape index (κ3) is 2.77. The second kappa shape index (κ2) is 5.19. The minimum atomic E-state index is -0.908. The zero-order valence-electron chi connectivity index (χ0n) is 8.65. The van der Waals surface area contributed by atoms with E-state index < -0.39 is 5.97 Å². The fraction of sp³-hybridized carbons (Fsp3) is 0.455. The lowest BCUT2D eigenvalue weighted by Gasteiger charge is -2.10. The molecule has 1 aliphatic carbocycles. The van der Waals surface area contributed by atoms with Crippen LogP contribution in [0.15, 0.2) is 21.8 Å². The van der Waals surface area contributed by atoms with E-state index in [0.717, 1.165) is 0 Å². The molecule has 1 fully saturated rings. The number of carboxylic acids is 1. The molecule has 0 spiro atoms. The van der Waals surface area contributed by atoms with E-state index in [0.29, 0.717) is 20.3 Å². The Morgan fingerprint density at radius 3 is 2.81 bits per heavy atom. The molecular formula is C11H12BrNO2S. The van der Waals surface area contributed by atoms with E-state index in [1.165, 1.54) is 25.7 Å². The van der Waals surface area contributed by atoms with Crippen molar-refractivity contribution in [1.82, 2.24) is 4.98 Å². The van der Waals surface area contributed by atoms with Crippen molar-refractivity contribution in [3.8, 4) is 0 Å². The third-order valence-electron chi connectivity index (χ3n) is 2.63. The van der Waals surface area contributed by atoms with Gasteiger partial charge in [0.05, 0.1) is 5.56 Å². The van der Waals surface area contributed by atoms with E-state index in [-0.39, 0.29) is 0 Å². The Hall–Kier alpha value is -0.550. The Balaban J connectivity index is 2.21. The summed E-state index contributed by atoms with van der Waals surface area (Å²) in [5.41, 5.74) is 0.297. The summed E-state index contributed by atoms with van der Waals surface area (Å²) in [4.78, 5) is 15.3. The molecule has 1 N–H and O–H groups in total. The van der Waals surface area contributed by atoms with Crippen molar-refractivity contribution in [3.05, 3.63) is 22.3 Å². The minimum absolute atomic E-state index is 0.297. The summed E-state index contributed by atoms with van der Waals surface area (Å²) in [5, 5.41) is 10.3. The first-order valence-corrected chi connectivity index (χ1v) is 6.89. The van der Waals surface area contributed by atoms with Gasteiger partial charge in [-0.2, -0.15) is 0 Å². The number of nitrogens with zero attached hydrogens (tertiary/aromatic N) is 1. The molecule has 0 saturated heterocycles. The van der Waals surface area contributed by atoms with Crippen LogP contribution in [0.2, 0.25) is 0 Å². The molecule has 0 aliphatic heterocycles. The van der Waals surface area contributed by atoms with E-state index >= 15 is 0 Å². The SMILES string of the molecule is O=C(O)c1cc(Br)cnc1SC1CCCC1. The molecule has 1 aromatic heterocycles. The van der Waals surface area contributed by atoms with Crippen molar-refractivity contribution >= 4 is 33.7 Å². The lowest BCUT2D eigenvalue weighted by molar-refractivity contribution is 0.0692. The normalized spacial score (nSPS) is 16.6. The Labute approximate surface area is 107 Å². The highest BCUT2D eigenvalue weighted by atomic mass is 79.9. The number of halogens is 1. The zero-order valence-corrected chi connectivity index (χ0v) is 11.1. The Morgan fingerprint density at radius 1 is 1.50 bits per heavy atom. The minimum Gasteiger partial charge on any atom is -0.478 e. The standard InChI is InChI=1S/C11H12BrNO2S/c12-7-5-9(11(14)15)10(13-6-7)16-8-3-1-2-4-8/h5-6,8H,1-4H2,(H,14,15). The van der Waals surface area contributed by atoms with Gasteiger partial charge in [-0.3, -0.25) is 0 Å². The molecule has 0 radical (unpaired) electrons. The van der Waals surface area contributed by atoms with Crippen LogP contribution in [0.5, 0.6) is 0 Å². The van der Waals surface area contributed by atoms with Crippen LogP contribution in [0, 0.1) is 0 Å². The average molecular weight is 302 g/mol. The Bertz CT molecular complexity index is 405. The molecule has 1 aliphatic rings. The summed E-state index contributed by atoms with van der Waals surface area (Å²) in [6.07, 6.45) is 6.49. The summed E-state index contributed by atoms with van der Waals surface area (Å²) < 4.78 is 0.709. The molecule has 16 heavy (non-hydrogen) atoms. The van der Waals surface area contributed by atoms with Gasteiger partial charge in [0.2, 0.25) is 0 Å². The van der Waals surface area contributed by atoms with E-state index in [4.69, 9.17) is 5.11 Å². The molecule has 3 nitrogen and oxygen atoms in total. The number of carbonyl (C=O) groups is 1. The second-order valence-electron chi connectivity index (χ2n) is 3.84. The highest BCUT2D eigenvalue weighted by Crippen LogP contribution is 2.35. The molecule has 0 aromatic carbocycles. The smallest absolute Gasteiger partial charge is 0.338 e. The van der Waals surface area contributed by atoms with Gasteiger partial charge in [-0.15, -0.1) is 11.8 Å². The molecule has 1 heterocycles. The molecule has 5 heteroatoms. The lowest BCUT2D eigenvalue weighted by atomic mass is 10.3. The van der Waals surface area contributed by atoms with Crippen molar-refractivity contribution in [3.63, 3.8) is 0 Å². The fourth-order valence-corrected chi connectivity index (χ4v) is 3.44. The van der Waals surface area contributed by atoms with E-state index in [1.807, 2.05) is 0 Å². The highest BCUT2D eigenvalue weighted by molar-refractivity contribution is 9.10. The molecule has 2 rings (SSSR count). The van der Waals surface area contributed by atoms with Gasteiger partial charge >= 0.3 is 5.97 Å². The fourth-order valence-electron chi connectivity index (χ4n) is 1.84. The molecule has 0 bridgehead atoms. The summed E-state index contributed by atoms with van der Waals surface area (Å²) >= 11 is 4.84. The molecule has 0 amide bonds. The molecule has 86 valence electrons. The predicted octanol–water partition coefficient (Wildman–Crippen LogP) is 3.58. The van der Waals surface area contributed by atoms with Crippen LogP contribution in [0.4, 0.5) is 0 Å². The van der Waals surface area contributed by atoms with Gasteiger partial charge in [-0.25, -0.2) is 9.78 Å². The number of rotatable bonds is 3. The summed E-state index contributed by atoms with van der Waals surface area (Å²) in [7, 11) is 0. The summed E-state index contributed by atoms with van der Waals surface area (Å²) in [6.45, 7) is 0. The van der Waals surface area contributed by atoms with Gasteiger partial charge in [0.1, 0.15) is 5.03 Å². The van der Waals surface area contributed by atoms with Crippen molar-refractivity contribution in [1.29, 1.82) is 0 Å². The number of pyridine rings is 1. The van der Waals surface area contributed by atoms with Gasteiger partial charge < -0.3 is 5.11 Å². The third-order valence-corrected chi connectivity index (χ3v) is 4.42. The van der Waals surface area contributed by atoms with E-state index in [9.17, 15) is 4.79 Å². The Morgan fingerprint density at radius 2 is 2.19 bits per heavy atom. The van der Waals surface area contributed by atoms with E-state index in [1.54, 1.807) is 24.0 Å². The molecule has 1 saturated carbocycles.